The van der Waals surface area contributed by atoms with Crippen LogP contribution < -0.4 is 11.2 Å². The number of fused-ring (bicyclic) bond motifs is 1. The van der Waals surface area contributed by atoms with Gasteiger partial charge >= 0.3 is 6.03 Å². The number of hydrogen-bond acceptors (Lipinski definition) is 4. The van der Waals surface area contributed by atoms with Crippen LogP contribution in [0.3, 0.4) is 0 Å². The number of nitrogens with two attached hydrogens (primary N) is 1. The zero-order valence-electron chi connectivity index (χ0n) is 8.98. The van der Waals surface area contributed by atoms with Crippen LogP contribution in [0.15, 0.2) is 18.2 Å². The number of aromatic nitrogens is 2. The number of carbonyl (C=O) groups is 1. The van der Waals surface area contributed by atoms with E-state index < -0.39 is 6.03 Å². The lowest BCUT2D eigenvalue weighted by Crippen LogP contribution is -2.33. The molecule has 0 radical (unpaired) electrons. The summed E-state index contributed by atoms with van der Waals surface area (Å²) in [5.41, 5.74) is 2.29. The molecule has 90 valence electrons. The minimum absolute atomic E-state index is 0.471. The Bertz CT molecular complexity index is 605. The van der Waals surface area contributed by atoms with Crippen LogP contribution in [0, 0.1) is 4.77 Å². The Balaban J connectivity index is 2.24. The number of urea groups is 1. The van der Waals surface area contributed by atoms with Crippen LogP contribution in [0.25, 0.3) is 11.0 Å². The highest BCUT2D eigenvalue weighted by molar-refractivity contribution is 7.71. The first-order valence-electron chi connectivity index (χ1n) is 4.74. The molecule has 0 unspecified atom stereocenters. The second-order valence-electron chi connectivity index (χ2n) is 3.37. The van der Waals surface area contributed by atoms with Gasteiger partial charge in [0.15, 0.2) is 4.77 Å². The molecule has 0 aliphatic heterocycles. The van der Waals surface area contributed by atoms with E-state index in [2.05, 4.69) is 20.2 Å². The lowest BCUT2D eigenvalue weighted by molar-refractivity contribution is -0.0971. The maximum Gasteiger partial charge on any atom is 0.347 e. The van der Waals surface area contributed by atoms with Crippen molar-refractivity contribution in [2.75, 3.05) is 12.4 Å². The van der Waals surface area contributed by atoms with Gasteiger partial charge in [-0.25, -0.2) is 4.79 Å². The van der Waals surface area contributed by atoms with Crippen molar-refractivity contribution in [3.05, 3.63) is 23.0 Å². The molecule has 0 aliphatic carbocycles. The van der Waals surface area contributed by atoms with Crippen LogP contribution in [-0.2, 0) is 4.94 Å². The molecular formula is C9H11N5O2S. The van der Waals surface area contributed by atoms with Gasteiger partial charge in [0.25, 0.3) is 0 Å². The molecule has 7 nitrogen and oxygen atoms in total. The van der Waals surface area contributed by atoms with Crippen molar-refractivity contribution in [1.82, 2.24) is 15.0 Å². The molecule has 2 aromatic rings. The van der Waals surface area contributed by atoms with Crippen LogP contribution in [0.1, 0.15) is 0 Å². The number of benzene rings is 1. The first kappa shape index (κ1) is 11.6. The van der Waals surface area contributed by atoms with Gasteiger partial charge in [0.05, 0.1) is 11.0 Å². The Morgan fingerprint density at radius 3 is 2.88 bits per heavy atom. The van der Waals surface area contributed by atoms with Gasteiger partial charge in [0.1, 0.15) is 0 Å². The zero-order valence-corrected chi connectivity index (χ0v) is 9.80. The standard InChI is InChI=1S/C9H11N5O2S/c1-14(16-10)9(15)11-5-2-3-6-7(4-5)13-8(17)12-6/h2-4H,10H2,1H3,(H,11,15)(H2,12,13,17). The molecule has 1 aromatic carbocycles. The van der Waals surface area contributed by atoms with Crippen molar-refractivity contribution in [1.29, 1.82) is 0 Å². The maximum atomic E-state index is 11.5. The number of hydroxylamine groups is 2. The second kappa shape index (κ2) is 4.53. The van der Waals surface area contributed by atoms with E-state index in [-0.39, 0.29) is 0 Å². The highest BCUT2D eigenvalue weighted by Gasteiger charge is 2.08. The summed E-state index contributed by atoms with van der Waals surface area (Å²) in [4.78, 5) is 21.6. The van der Waals surface area contributed by atoms with E-state index in [4.69, 9.17) is 18.1 Å². The van der Waals surface area contributed by atoms with Gasteiger partial charge in [-0.15, -0.1) is 0 Å². The summed E-state index contributed by atoms with van der Waals surface area (Å²) in [6.07, 6.45) is 0. The van der Waals surface area contributed by atoms with Gasteiger partial charge in [0.2, 0.25) is 0 Å². The molecule has 17 heavy (non-hydrogen) atoms. The number of aromatic amines is 2. The van der Waals surface area contributed by atoms with E-state index in [1.54, 1.807) is 18.2 Å². The third-order valence-electron chi connectivity index (χ3n) is 2.21. The van der Waals surface area contributed by atoms with Gasteiger partial charge in [-0.3, -0.25) is 0 Å². The fourth-order valence-corrected chi connectivity index (χ4v) is 1.58. The summed E-state index contributed by atoms with van der Waals surface area (Å²) < 4.78 is 0.533. The number of anilines is 1. The molecule has 1 aromatic heterocycles. The summed E-state index contributed by atoms with van der Waals surface area (Å²) in [7, 11) is 1.40. The minimum atomic E-state index is -0.471. The molecule has 0 atom stereocenters. The molecule has 0 saturated heterocycles. The number of rotatable bonds is 2. The summed E-state index contributed by atoms with van der Waals surface area (Å²) >= 11 is 4.96. The highest BCUT2D eigenvalue weighted by Crippen LogP contribution is 2.16. The van der Waals surface area contributed by atoms with Gasteiger partial charge in [-0.05, 0) is 30.4 Å². The van der Waals surface area contributed by atoms with Gasteiger partial charge in [-0.2, -0.15) is 15.9 Å². The molecular weight excluding hydrogens is 242 g/mol. The number of nitrogens with one attached hydrogen (secondary N) is 3. The molecule has 0 aliphatic rings. The van der Waals surface area contributed by atoms with Crippen LogP contribution in [0.5, 0.6) is 0 Å². The van der Waals surface area contributed by atoms with Gasteiger partial charge < -0.3 is 15.3 Å². The lowest BCUT2D eigenvalue weighted by atomic mass is 10.3. The van der Waals surface area contributed by atoms with E-state index in [9.17, 15) is 4.79 Å². The van der Waals surface area contributed by atoms with E-state index in [0.29, 0.717) is 10.5 Å². The Morgan fingerprint density at radius 1 is 1.47 bits per heavy atom. The molecule has 0 spiro atoms. The van der Waals surface area contributed by atoms with E-state index >= 15 is 0 Å². The largest absolute Gasteiger partial charge is 0.347 e. The third-order valence-corrected chi connectivity index (χ3v) is 2.42. The number of imidazole rings is 1. The average molecular weight is 253 g/mol. The quantitative estimate of drug-likeness (QED) is 0.481. The monoisotopic (exact) mass is 253 g/mol. The maximum absolute atomic E-state index is 11.5. The number of carbonyl (C=O) groups excluding carboxylic acids is 1. The summed E-state index contributed by atoms with van der Waals surface area (Å²) in [6.45, 7) is 0. The molecule has 0 saturated carbocycles. The van der Waals surface area contributed by atoms with Crippen LogP contribution in [0.4, 0.5) is 10.5 Å². The Morgan fingerprint density at radius 2 is 2.18 bits per heavy atom. The van der Waals surface area contributed by atoms with Crippen LogP contribution >= 0.6 is 12.2 Å². The molecule has 0 bridgehead atoms. The zero-order chi connectivity index (χ0) is 12.4. The highest BCUT2D eigenvalue weighted by atomic mass is 32.1. The van der Waals surface area contributed by atoms with Crippen molar-refractivity contribution in [2.45, 2.75) is 0 Å². The molecule has 0 fully saturated rings. The summed E-state index contributed by atoms with van der Waals surface area (Å²) in [6, 6.07) is 4.83. The van der Waals surface area contributed by atoms with Crippen molar-refractivity contribution >= 4 is 35.0 Å². The van der Waals surface area contributed by atoms with E-state index in [0.717, 1.165) is 16.1 Å². The van der Waals surface area contributed by atoms with Crippen molar-refractivity contribution in [3.63, 3.8) is 0 Å². The van der Waals surface area contributed by atoms with E-state index in [1.165, 1.54) is 7.05 Å². The Kier molecular flexibility index (Phi) is 3.09. The smallest absolute Gasteiger partial charge is 0.331 e. The van der Waals surface area contributed by atoms with Crippen molar-refractivity contribution < 1.29 is 9.73 Å². The Labute approximate surface area is 101 Å². The SMILES string of the molecule is CN(ON)C(=O)Nc1ccc2[nH]c(=S)[nH]c2c1. The lowest BCUT2D eigenvalue weighted by Gasteiger charge is -2.13. The number of amides is 2. The summed E-state index contributed by atoms with van der Waals surface area (Å²) in [5, 5.41) is 3.49. The van der Waals surface area contributed by atoms with Crippen molar-refractivity contribution in [3.8, 4) is 0 Å². The van der Waals surface area contributed by atoms with Gasteiger partial charge in [0, 0.05) is 12.7 Å². The predicted octanol–water partition coefficient (Wildman–Crippen LogP) is 1.49. The number of nitrogens with zero attached hydrogens (tertiary/aromatic N) is 1. The first-order valence-corrected chi connectivity index (χ1v) is 5.14. The normalized spacial score (nSPS) is 10.5. The number of H-pyrrole nitrogens is 2. The minimum Gasteiger partial charge on any atom is -0.331 e. The predicted molar refractivity (Wildman–Crippen MR) is 65.5 cm³/mol. The van der Waals surface area contributed by atoms with Crippen molar-refractivity contribution in [2.24, 2.45) is 5.90 Å². The van der Waals surface area contributed by atoms with Crippen LogP contribution in [0.2, 0.25) is 0 Å². The second-order valence-corrected chi connectivity index (χ2v) is 3.78. The molecule has 8 heteroatoms. The first-order chi connectivity index (χ1) is 8.10. The molecule has 2 rings (SSSR count). The average Bonchev–Trinajstić information content (AvgIpc) is 2.67. The fraction of sp³-hybridized carbons (Fsp3) is 0.111. The molecule has 2 amide bonds. The fourth-order valence-electron chi connectivity index (χ4n) is 1.36. The number of hydrogen-bond donors (Lipinski definition) is 4. The van der Waals surface area contributed by atoms with E-state index in [1.807, 2.05) is 0 Å². The molecule has 5 N–H and O–H groups in total. The third kappa shape index (κ3) is 2.44. The van der Waals surface area contributed by atoms with Gasteiger partial charge in [-0.1, -0.05) is 0 Å². The molecule has 1 heterocycles. The Hall–Kier alpha value is -1.90. The van der Waals surface area contributed by atoms with Crippen LogP contribution in [-0.4, -0.2) is 28.1 Å². The summed E-state index contributed by atoms with van der Waals surface area (Å²) in [5.74, 6) is 4.86. The topological polar surface area (TPSA) is 99.2 Å².